The summed E-state index contributed by atoms with van der Waals surface area (Å²) >= 11 is 5.71. The molecule has 0 saturated heterocycles. The molecule has 25 heavy (non-hydrogen) atoms. The number of hydrogen-bond donors (Lipinski definition) is 2. The molecule has 2 rings (SSSR count). The van der Waals surface area contributed by atoms with Gasteiger partial charge < -0.3 is 10.5 Å². The van der Waals surface area contributed by atoms with Crippen LogP contribution in [0.3, 0.4) is 0 Å². The van der Waals surface area contributed by atoms with Gasteiger partial charge in [-0.25, -0.2) is 5.10 Å². The number of halogens is 1. The second-order valence-electron chi connectivity index (χ2n) is 4.55. The van der Waals surface area contributed by atoms with Crippen molar-refractivity contribution in [2.45, 2.75) is 20.3 Å². The van der Waals surface area contributed by atoms with Crippen molar-refractivity contribution in [2.24, 2.45) is 5.73 Å². The molecule has 134 valence electrons. The number of aromatic nitrogens is 2. The number of nitrogens with two attached hydrogens (primary N) is 1. The average Bonchev–Trinajstić information content (AvgIpc) is 2.67. The Kier molecular flexibility index (Phi) is 11.4. The lowest BCUT2D eigenvalue weighted by Gasteiger charge is -2.06. The molecule has 0 aliphatic rings. The number of rotatable bonds is 5. The van der Waals surface area contributed by atoms with E-state index in [9.17, 15) is 4.79 Å². The first kappa shape index (κ1) is 22.3. The van der Waals surface area contributed by atoms with Crippen LogP contribution in [-0.2, 0) is 11.2 Å². The first-order chi connectivity index (χ1) is 12.2. The van der Waals surface area contributed by atoms with Gasteiger partial charge in [0.15, 0.2) is 0 Å². The molecule has 0 unspecified atom stereocenters. The predicted octanol–water partition coefficient (Wildman–Crippen LogP) is 3.50. The van der Waals surface area contributed by atoms with Crippen molar-refractivity contribution in [3.05, 3.63) is 76.4 Å². The molecule has 0 radical (unpaired) electrons. The molecule has 0 saturated carbocycles. The lowest BCUT2D eigenvalue weighted by atomic mass is 10.0. The minimum atomic E-state index is -0.195. The maximum atomic E-state index is 11.8. The molecule has 6 heteroatoms. The summed E-state index contributed by atoms with van der Waals surface area (Å²) in [5.74, 6) is 0.258. The van der Waals surface area contributed by atoms with Gasteiger partial charge in [0.05, 0.1) is 17.0 Å². The number of nitrogens with zero attached hydrogens (tertiary/aromatic N) is 1. The van der Waals surface area contributed by atoms with Crippen LogP contribution in [0.5, 0.6) is 0 Å². The van der Waals surface area contributed by atoms with Crippen molar-refractivity contribution in [1.82, 2.24) is 10.2 Å². The number of carbonyl (C=O) groups is 1. The third-order valence-corrected chi connectivity index (χ3v) is 3.31. The molecule has 1 heterocycles. The summed E-state index contributed by atoms with van der Waals surface area (Å²) in [5, 5.41) is 8.11. The lowest BCUT2D eigenvalue weighted by molar-refractivity contribution is -0.0979. The normalized spacial score (nSPS) is 11.0. The van der Waals surface area contributed by atoms with Crippen LogP contribution in [0.1, 0.15) is 19.5 Å². The Labute approximate surface area is 152 Å². The number of allylic oxidation sites excluding steroid dienone is 5. The standard InChI is InChI=1S/C16H16ClN3O.C2H6.CH2O/c1-2-5-11(8-12(18)10-17)9-15-13-6-3-4-7-14(13)16(21)20-19-15;2*1-2/h2-8H,1,9-10,18H2,(H,20,21);1-2H3;1H2/b11-5+,12-8+;;. The second-order valence-corrected chi connectivity index (χ2v) is 4.82. The second kappa shape index (κ2) is 12.7. The van der Waals surface area contributed by atoms with Crippen LogP contribution in [0.15, 0.2) is 65.1 Å². The van der Waals surface area contributed by atoms with E-state index < -0.39 is 0 Å². The third-order valence-electron chi connectivity index (χ3n) is 3.00. The van der Waals surface area contributed by atoms with Gasteiger partial charge in [-0.15, -0.1) is 11.6 Å². The van der Waals surface area contributed by atoms with Gasteiger partial charge in [0, 0.05) is 17.5 Å². The number of nitrogens with one attached hydrogen (secondary N) is 1. The highest BCUT2D eigenvalue weighted by Crippen LogP contribution is 2.17. The van der Waals surface area contributed by atoms with E-state index in [0.717, 1.165) is 16.7 Å². The largest absolute Gasteiger partial charge is 0.401 e. The van der Waals surface area contributed by atoms with E-state index in [1.165, 1.54) is 0 Å². The van der Waals surface area contributed by atoms with Crippen molar-refractivity contribution in [2.75, 3.05) is 5.88 Å². The van der Waals surface area contributed by atoms with Crippen LogP contribution in [0.2, 0.25) is 0 Å². The summed E-state index contributed by atoms with van der Waals surface area (Å²) in [4.78, 5) is 19.8. The summed E-state index contributed by atoms with van der Waals surface area (Å²) in [6.45, 7) is 9.69. The van der Waals surface area contributed by atoms with Gasteiger partial charge in [-0.2, -0.15) is 5.10 Å². The van der Waals surface area contributed by atoms with Crippen LogP contribution < -0.4 is 11.3 Å². The number of alkyl halides is 1. The van der Waals surface area contributed by atoms with Gasteiger partial charge in [-0.1, -0.05) is 50.8 Å². The van der Waals surface area contributed by atoms with E-state index in [0.29, 0.717) is 17.5 Å². The Bertz CT molecular complexity index is 795. The van der Waals surface area contributed by atoms with Gasteiger partial charge in [-0.3, -0.25) is 4.79 Å². The van der Waals surface area contributed by atoms with E-state index in [2.05, 4.69) is 16.8 Å². The number of H-pyrrole nitrogens is 1. The Morgan fingerprint density at radius 3 is 2.44 bits per heavy atom. The first-order valence-electron chi connectivity index (χ1n) is 7.74. The molecule has 3 N–H and O–H groups in total. The molecule has 0 aliphatic heterocycles. The fraction of sp³-hybridized carbons (Fsp3) is 0.211. The molecule has 0 amide bonds. The summed E-state index contributed by atoms with van der Waals surface area (Å²) in [7, 11) is 0. The average molecular weight is 362 g/mol. The van der Waals surface area contributed by atoms with E-state index in [1.807, 2.05) is 44.9 Å². The molecule has 2 aromatic rings. The first-order valence-corrected chi connectivity index (χ1v) is 8.28. The topological polar surface area (TPSA) is 88.8 Å². The fourth-order valence-corrected chi connectivity index (χ4v) is 2.16. The summed E-state index contributed by atoms with van der Waals surface area (Å²) in [6, 6.07) is 7.37. The minimum absolute atomic E-state index is 0.195. The molecular formula is C19H24ClN3O2. The molecule has 0 atom stereocenters. The maximum absolute atomic E-state index is 11.8. The zero-order valence-corrected chi connectivity index (χ0v) is 15.3. The molecule has 0 bridgehead atoms. The van der Waals surface area contributed by atoms with Crippen molar-refractivity contribution in [3.63, 3.8) is 0 Å². The highest BCUT2D eigenvalue weighted by atomic mass is 35.5. The van der Waals surface area contributed by atoms with Crippen molar-refractivity contribution in [1.29, 1.82) is 0 Å². The lowest BCUT2D eigenvalue weighted by Crippen LogP contribution is -2.11. The van der Waals surface area contributed by atoms with Crippen molar-refractivity contribution in [3.8, 4) is 0 Å². The van der Waals surface area contributed by atoms with Crippen molar-refractivity contribution < 1.29 is 4.79 Å². The maximum Gasteiger partial charge on any atom is 0.272 e. The number of hydrogen-bond acceptors (Lipinski definition) is 4. The van der Waals surface area contributed by atoms with Crippen LogP contribution >= 0.6 is 11.6 Å². The third kappa shape index (κ3) is 6.77. The van der Waals surface area contributed by atoms with E-state index >= 15 is 0 Å². The minimum Gasteiger partial charge on any atom is -0.401 e. The zero-order valence-electron chi connectivity index (χ0n) is 14.6. The van der Waals surface area contributed by atoms with E-state index in [4.69, 9.17) is 22.1 Å². The summed E-state index contributed by atoms with van der Waals surface area (Å²) in [6.07, 6.45) is 5.86. The van der Waals surface area contributed by atoms with Crippen molar-refractivity contribution >= 4 is 29.2 Å². The van der Waals surface area contributed by atoms with Gasteiger partial charge >= 0.3 is 0 Å². The van der Waals surface area contributed by atoms with Gasteiger partial charge in [0.2, 0.25) is 0 Å². The predicted molar refractivity (Wildman–Crippen MR) is 106 cm³/mol. The van der Waals surface area contributed by atoms with Gasteiger partial charge in [0.1, 0.15) is 6.79 Å². The highest BCUT2D eigenvalue weighted by Gasteiger charge is 2.07. The smallest absolute Gasteiger partial charge is 0.272 e. The number of benzene rings is 1. The van der Waals surface area contributed by atoms with Crippen LogP contribution in [0.4, 0.5) is 0 Å². The van der Waals surface area contributed by atoms with Crippen LogP contribution in [0.25, 0.3) is 10.8 Å². The Balaban J connectivity index is 0.00000134. The molecule has 0 spiro atoms. The fourth-order valence-electron chi connectivity index (χ4n) is 2.09. The molecular weight excluding hydrogens is 338 g/mol. The highest BCUT2D eigenvalue weighted by molar-refractivity contribution is 6.19. The number of fused-ring (bicyclic) bond motifs is 1. The molecule has 1 aromatic heterocycles. The number of aromatic amines is 1. The SMILES string of the molecule is C=C/C=C(\C=C(\N)CCl)Cc1n[nH]c(=O)c2ccccc12.C=O.CC. The zero-order chi connectivity index (χ0) is 19.2. The van der Waals surface area contributed by atoms with E-state index in [-0.39, 0.29) is 11.4 Å². The Hall–Kier alpha value is -2.66. The molecule has 0 aliphatic carbocycles. The Morgan fingerprint density at radius 1 is 1.28 bits per heavy atom. The molecule has 5 nitrogen and oxygen atoms in total. The summed E-state index contributed by atoms with van der Waals surface area (Å²) < 4.78 is 0. The van der Waals surface area contributed by atoms with Crippen LogP contribution in [-0.4, -0.2) is 22.9 Å². The molecule has 1 aromatic carbocycles. The molecule has 0 fully saturated rings. The van der Waals surface area contributed by atoms with Gasteiger partial charge in [0.25, 0.3) is 5.56 Å². The van der Waals surface area contributed by atoms with Gasteiger partial charge in [-0.05, 0) is 17.7 Å². The quantitative estimate of drug-likeness (QED) is 0.630. The number of carbonyl (C=O) groups excluding carboxylic acids is 1. The van der Waals surface area contributed by atoms with Crippen LogP contribution in [0, 0.1) is 0 Å². The monoisotopic (exact) mass is 361 g/mol. The van der Waals surface area contributed by atoms with E-state index in [1.54, 1.807) is 18.2 Å². The Morgan fingerprint density at radius 2 is 1.88 bits per heavy atom. The summed E-state index contributed by atoms with van der Waals surface area (Å²) in [5.41, 5.74) is 7.84.